The first-order valence-corrected chi connectivity index (χ1v) is 12.3. The van der Waals surface area contributed by atoms with E-state index in [1.54, 1.807) is 12.1 Å². The molecule has 0 aromatic heterocycles. The van der Waals surface area contributed by atoms with Crippen LogP contribution in [0.3, 0.4) is 0 Å². The van der Waals surface area contributed by atoms with Crippen molar-refractivity contribution in [3.63, 3.8) is 0 Å². The monoisotopic (exact) mass is 479 g/mol. The van der Waals surface area contributed by atoms with Crippen molar-refractivity contribution in [3.8, 4) is 11.5 Å². The average molecular weight is 480 g/mol. The molecule has 2 rings (SSSR count). The van der Waals surface area contributed by atoms with Crippen LogP contribution < -0.4 is 14.6 Å². The number of hydrogen-bond acceptors (Lipinski definition) is 4. The fraction of sp³-hybridized carbons (Fsp3) is 0.520. The summed E-state index contributed by atoms with van der Waals surface area (Å²) in [5, 5.41) is 4.49. The topological polar surface area (TPSA) is 39.7 Å². The summed E-state index contributed by atoms with van der Waals surface area (Å²) in [6.45, 7) is 6.85. The van der Waals surface area contributed by atoms with Crippen molar-refractivity contribution in [1.29, 1.82) is 0 Å². The zero-order chi connectivity index (χ0) is 23.3. The van der Waals surface area contributed by atoms with Crippen LogP contribution in [0.2, 0.25) is 10.0 Å². The van der Waals surface area contributed by atoms with E-state index in [2.05, 4.69) is 12.2 Å². The summed E-state index contributed by atoms with van der Waals surface area (Å²) in [6.07, 6.45) is 8.32. The maximum atomic E-state index is 6.28. The van der Waals surface area contributed by atoms with E-state index in [-0.39, 0.29) is 6.10 Å². The van der Waals surface area contributed by atoms with Gasteiger partial charge in [0.2, 0.25) is 0 Å². The van der Waals surface area contributed by atoms with Crippen molar-refractivity contribution < 1.29 is 14.0 Å². The molecule has 0 heterocycles. The van der Waals surface area contributed by atoms with Gasteiger partial charge in [-0.1, -0.05) is 80.8 Å². The molecule has 0 aliphatic carbocycles. The van der Waals surface area contributed by atoms with Crippen molar-refractivity contribution in [2.45, 2.75) is 71.8 Å². The lowest BCUT2D eigenvalue weighted by Gasteiger charge is -2.23. The first kappa shape index (κ1) is 26.9. The molecule has 2 aromatic carbocycles. The molecule has 1 atom stereocenters. The zero-order valence-corrected chi connectivity index (χ0v) is 21.3. The standard InChI is InChI=1S/C25H36BCl2NO3/c1-5-6-7-8-9-10-11-23(18-29-4)32-26(30-21-14-12-19(2)24(27)16-21)31-22-15-13-20(3)25(28)17-22/h12-17,23,29H,5-11,18H2,1-4H3. The number of rotatable bonds is 15. The Morgan fingerprint density at radius 3 is 1.88 bits per heavy atom. The van der Waals surface area contributed by atoms with Crippen molar-refractivity contribution in [2.75, 3.05) is 13.6 Å². The van der Waals surface area contributed by atoms with Gasteiger partial charge in [0.15, 0.2) is 0 Å². The summed E-state index contributed by atoms with van der Waals surface area (Å²) in [6, 6.07) is 11.1. The largest absolute Gasteiger partial charge is 0.788 e. The minimum Gasteiger partial charge on any atom is -0.501 e. The maximum absolute atomic E-state index is 6.28. The number of benzene rings is 2. The summed E-state index contributed by atoms with van der Waals surface area (Å²) in [5.41, 5.74) is 1.97. The molecule has 7 heteroatoms. The van der Waals surface area contributed by atoms with E-state index in [4.69, 9.17) is 37.2 Å². The van der Waals surface area contributed by atoms with E-state index < -0.39 is 7.32 Å². The van der Waals surface area contributed by atoms with Crippen molar-refractivity contribution in [1.82, 2.24) is 5.32 Å². The van der Waals surface area contributed by atoms with E-state index in [1.807, 2.05) is 45.2 Å². The number of nitrogens with one attached hydrogen (secondary N) is 1. The highest BCUT2D eigenvalue weighted by molar-refractivity contribution is 6.39. The summed E-state index contributed by atoms with van der Waals surface area (Å²) in [7, 11) is 0.999. The smallest absolute Gasteiger partial charge is 0.501 e. The molecule has 0 aliphatic heterocycles. The third-order valence-corrected chi connectivity index (χ3v) is 6.18. The van der Waals surface area contributed by atoms with E-state index in [0.29, 0.717) is 28.1 Å². The van der Waals surface area contributed by atoms with Gasteiger partial charge in [-0.3, -0.25) is 0 Å². The van der Waals surface area contributed by atoms with E-state index in [9.17, 15) is 0 Å². The number of unbranched alkanes of at least 4 members (excludes halogenated alkanes) is 5. The molecule has 0 fully saturated rings. The van der Waals surface area contributed by atoms with Crippen LogP contribution >= 0.6 is 23.2 Å². The third-order valence-electron chi connectivity index (χ3n) is 5.37. The van der Waals surface area contributed by atoms with Crippen LogP contribution in [0.15, 0.2) is 36.4 Å². The molecule has 0 amide bonds. The molecule has 0 saturated heterocycles. The normalized spacial score (nSPS) is 11.9. The van der Waals surface area contributed by atoms with Gasteiger partial charge in [0.1, 0.15) is 11.5 Å². The van der Waals surface area contributed by atoms with Gasteiger partial charge < -0.3 is 19.3 Å². The van der Waals surface area contributed by atoms with Gasteiger partial charge in [-0.05, 0) is 62.7 Å². The van der Waals surface area contributed by atoms with Crippen LogP contribution in [0.4, 0.5) is 0 Å². The first-order chi connectivity index (χ1) is 15.4. The molecular weight excluding hydrogens is 444 g/mol. The second kappa shape index (κ2) is 14.7. The lowest BCUT2D eigenvalue weighted by Crippen LogP contribution is -2.41. The Labute approximate surface area is 204 Å². The molecule has 1 unspecified atom stereocenters. The molecule has 4 nitrogen and oxygen atoms in total. The summed E-state index contributed by atoms with van der Waals surface area (Å²) in [4.78, 5) is 0. The molecule has 0 saturated carbocycles. The van der Waals surface area contributed by atoms with Gasteiger partial charge in [-0.15, -0.1) is 0 Å². The van der Waals surface area contributed by atoms with Gasteiger partial charge >= 0.3 is 7.32 Å². The Morgan fingerprint density at radius 1 is 0.844 bits per heavy atom. The van der Waals surface area contributed by atoms with Gasteiger partial charge in [-0.2, -0.15) is 0 Å². The average Bonchev–Trinajstić information content (AvgIpc) is 2.76. The van der Waals surface area contributed by atoms with Gasteiger partial charge in [0.05, 0.1) is 6.10 Å². The molecule has 2 aromatic rings. The number of halogens is 2. The van der Waals surface area contributed by atoms with Gasteiger partial charge in [-0.25, -0.2) is 0 Å². The molecule has 0 radical (unpaired) electrons. The van der Waals surface area contributed by atoms with Crippen molar-refractivity contribution in [2.24, 2.45) is 0 Å². The van der Waals surface area contributed by atoms with Crippen LogP contribution in [0.1, 0.15) is 63.0 Å². The number of hydrogen-bond donors (Lipinski definition) is 1. The Kier molecular flexibility index (Phi) is 12.3. The molecular formula is C25H36BCl2NO3. The highest BCUT2D eigenvalue weighted by Gasteiger charge is 2.31. The van der Waals surface area contributed by atoms with E-state index in [1.165, 1.54) is 32.1 Å². The highest BCUT2D eigenvalue weighted by atomic mass is 35.5. The maximum Gasteiger partial charge on any atom is 0.788 e. The second-order valence-electron chi connectivity index (χ2n) is 8.22. The number of aryl methyl sites for hydroxylation is 2. The Bertz CT molecular complexity index is 768. The molecule has 32 heavy (non-hydrogen) atoms. The molecule has 176 valence electrons. The summed E-state index contributed by atoms with van der Waals surface area (Å²) >= 11 is 12.6. The summed E-state index contributed by atoms with van der Waals surface area (Å²) < 4.78 is 18.4. The minimum atomic E-state index is -0.925. The lowest BCUT2D eigenvalue weighted by molar-refractivity contribution is 0.120. The highest BCUT2D eigenvalue weighted by Crippen LogP contribution is 2.25. The number of likely N-dealkylation sites (N-methyl/N-ethyl adjacent to an activating group) is 1. The molecule has 0 aliphatic rings. The van der Waals surface area contributed by atoms with Crippen LogP contribution in [-0.4, -0.2) is 27.0 Å². The fourth-order valence-corrected chi connectivity index (χ4v) is 3.69. The van der Waals surface area contributed by atoms with Crippen LogP contribution in [0, 0.1) is 13.8 Å². The predicted octanol–water partition coefficient (Wildman–Crippen LogP) is 7.41. The summed E-state index contributed by atoms with van der Waals surface area (Å²) in [5.74, 6) is 1.18. The SMILES string of the molecule is CCCCCCCCC(CNC)OB(Oc1ccc(C)c(Cl)c1)Oc1ccc(C)c(Cl)c1. The first-order valence-electron chi connectivity index (χ1n) is 11.6. The van der Waals surface area contributed by atoms with E-state index in [0.717, 1.165) is 24.0 Å². The third kappa shape index (κ3) is 9.62. The van der Waals surface area contributed by atoms with Crippen LogP contribution in [-0.2, 0) is 4.65 Å². The molecule has 0 bridgehead atoms. The zero-order valence-electron chi connectivity index (χ0n) is 19.8. The fourth-order valence-electron chi connectivity index (χ4n) is 3.35. The lowest BCUT2D eigenvalue weighted by atomic mass is 10.1. The van der Waals surface area contributed by atoms with E-state index >= 15 is 0 Å². The Morgan fingerprint density at radius 2 is 1.38 bits per heavy atom. The van der Waals surface area contributed by atoms with Crippen LogP contribution in [0.25, 0.3) is 0 Å². The molecule has 1 N–H and O–H groups in total. The Hall–Kier alpha value is -1.40. The van der Waals surface area contributed by atoms with Crippen LogP contribution in [0.5, 0.6) is 11.5 Å². The predicted molar refractivity (Wildman–Crippen MR) is 136 cm³/mol. The van der Waals surface area contributed by atoms with Gasteiger partial charge in [0, 0.05) is 16.6 Å². The second-order valence-corrected chi connectivity index (χ2v) is 9.03. The van der Waals surface area contributed by atoms with Gasteiger partial charge in [0.25, 0.3) is 0 Å². The van der Waals surface area contributed by atoms with Crippen molar-refractivity contribution in [3.05, 3.63) is 57.6 Å². The Balaban J connectivity index is 2.07. The molecule has 0 spiro atoms. The minimum absolute atomic E-state index is 0.0435. The quantitative estimate of drug-likeness (QED) is 0.213. The van der Waals surface area contributed by atoms with Crippen molar-refractivity contribution >= 4 is 30.5 Å².